The number of rotatable bonds is 5. The lowest BCUT2D eigenvalue weighted by Gasteiger charge is -2.32. The Balaban J connectivity index is 1.36. The summed E-state index contributed by atoms with van der Waals surface area (Å²) in [5.74, 6) is 0.495. The number of aromatic nitrogens is 2. The number of amides is 1. The van der Waals surface area contributed by atoms with Gasteiger partial charge in [0.15, 0.2) is 5.82 Å². The molecule has 0 aliphatic carbocycles. The molecular weight excluding hydrogens is 494 g/mol. The fourth-order valence-corrected chi connectivity index (χ4v) is 3.96. The molecule has 1 saturated heterocycles. The topological polar surface area (TPSA) is 58.1 Å². The van der Waals surface area contributed by atoms with Gasteiger partial charge in [0, 0.05) is 28.8 Å². The van der Waals surface area contributed by atoms with Crippen molar-refractivity contribution in [3.63, 3.8) is 0 Å². The normalized spacial score (nSPS) is 16.3. The van der Waals surface area contributed by atoms with Crippen molar-refractivity contribution in [2.75, 3.05) is 18.0 Å². The van der Waals surface area contributed by atoms with E-state index >= 15 is 0 Å². The predicted molar refractivity (Wildman–Crippen MR) is 123 cm³/mol. The summed E-state index contributed by atoms with van der Waals surface area (Å²) in [5, 5.41) is 11.7. The second-order valence-corrected chi connectivity index (χ2v) is 8.66. The lowest BCUT2D eigenvalue weighted by atomic mass is 9.97. The highest BCUT2D eigenvalue weighted by Crippen LogP contribution is 2.23. The van der Waals surface area contributed by atoms with Crippen LogP contribution in [0.5, 0.6) is 0 Å². The zero-order valence-electron chi connectivity index (χ0n) is 16.4. The first-order valence-electron chi connectivity index (χ1n) is 9.95. The Kier molecular flexibility index (Phi) is 6.56. The monoisotopic (exact) mass is 516 g/mol. The summed E-state index contributed by atoms with van der Waals surface area (Å²) in [6.07, 6.45) is 1.80. The van der Waals surface area contributed by atoms with Gasteiger partial charge >= 0.3 is 0 Å². The standard InChI is InChI=1S/C23H22FIN4O/c24-19-7-5-17(6-8-19)21-11-12-22(28-27-21)29-13-1-2-18(15-29)23(30)26-14-16-3-9-20(25)10-4-16/h3-12,18H,1-2,13-15H2,(H,26,30). The zero-order valence-corrected chi connectivity index (χ0v) is 18.5. The highest BCUT2D eigenvalue weighted by molar-refractivity contribution is 14.1. The second kappa shape index (κ2) is 9.51. The van der Waals surface area contributed by atoms with Crippen molar-refractivity contribution in [2.45, 2.75) is 19.4 Å². The fourth-order valence-electron chi connectivity index (χ4n) is 3.60. The van der Waals surface area contributed by atoms with E-state index < -0.39 is 0 Å². The molecule has 7 heteroatoms. The molecule has 30 heavy (non-hydrogen) atoms. The molecular formula is C23H22FIN4O. The minimum absolute atomic E-state index is 0.0684. The number of carbonyl (C=O) groups excluding carboxylic acids is 1. The van der Waals surface area contributed by atoms with Crippen LogP contribution in [-0.4, -0.2) is 29.2 Å². The summed E-state index contributed by atoms with van der Waals surface area (Å²) in [6.45, 7) is 2.02. The molecule has 1 aromatic heterocycles. The number of nitrogens with zero attached hydrogens (tertiary/aromatic N) is 3. The van der Waals surface area contributed by atoms with Crippen LogP contribution in [0.4, 0.5) is 10.2 Å². The molecule has 154 valence electrons. The molecule has 4 rings (SSSR count). The van der Waals surface area contributed by atoms with Crippen LogP contribution in [0.3, 0.4) is 0 Å². The van der Waals surface area contributed by atoms with E-state index in [2.05, 4.69) is 43.0 Å². The molecule has 2 aromatic carbocycles. The van der Waals surface area contributed by atoms with Crippen molar-refractivity contribution in [1.82, 2.24) is 15.5 Å². The van der Waals surface area contributed by atoms with Crippen LogP contribution in [0.25, 0.3) is 11.3 Å². The third kappa shape index (κ3) is 5.13. The van der Waals surface area contributed by atoms with Crippen molar-refractivity contribution in [2.24, 2.45) is 5.92 Å². The maximum Gasteiger partial charge on any atom is 0.225 e. The number of benzene rings is 2. The number of halogens is 2. The molecule has 0 saturated carbocycles. The summed E-state index contributed by atoms with van der Waals surface area (Å²) in [4.78, 5) is 14.8. The van der Waals surface area contributed by atoms with Gasteiger partial charge in [0.1, 0.15) is 5.82 Å². The third-order valence-corrected chi connectivity index (χ3v) is 6.01. The molecule has 1 atom stereocenters. The first-order chi connectivity index (χ1) is 14.6. The van der Waals surface area contributed by atoms with Crippen LogP contribution >= 0.6 is 22.6 Å². The van der Waals surface area contributed by atoms with Crippen LogP contribution in [0.2, 0.25) is 0 Å². The van der Waals surface area contributed by atoms with Gasteiger partial charge in [-0.1, -0.05) is 12.1 Å². The van der Waals surface area contributed by atoms with E-state index in [-0.39, 0.29) is 17.6 Å². The number of nitrogens with one attached hydrogen (secondary N) is 1. The van der Waals surface area contributed by atoms with E-state index in [1.807, 2.05) is 36.4 Å². The van der Waals surface area contributed by atoms with Gasteiger partial charge in [-0.15, -0.1) is 10.2 Å². The quantitative estimate of drug-likeness (QED) is 0.511. The van der Waals surface area contributed by atoms with Crippen molar-refractivity contribution in [3.05, 3.63) is 75.6 Å². The molecule has 1 N–H and O–H groups in total. The first kappa shape index (κ1) is 20.7. The van der Waals surface area contributed by atoms with Gasteiger partial charge in [-0.2, -0.15) is 0 Å². The highest BCUT2D eigenvalue weighted by Gasteiger charge is 2.26. The largest absolute Gasteiger partial charge is 0.354 e. The average Bonchev–Trinajstić information content (AvgIpc) is 2.79. The molecule has 3 aromatic rings. The Labute approximate surface area is 188 Å². The van der Waals surface area contributed by atoms with Crippen molar-refractivity contribution in [3.8, 4) is 11.3 Å². The Hall–Kier alpha value is -2.55. The molecule has 1 aliphatic rings. The Morgan fingerprint density at radius 3 is 2.53 bits per heavy atom. The van der Waals surface area contributed by atoms with Gasteiger partial charge in [-0.25, -0.2) is 4.39 Å². The molecule has 0 spiro atoms. The SMILES string of the molecule is O=C(NCc1ccc(I)cc1)C1CCCN(c2ccc(-c3ccc(F)cc3)nn2)C1. The van der Waals surface area contributed by atoms with Crippen LogP contribution < -0.4 is 10.2 Å². The van der Waals surface area contributed by atoms with E-state index in [1.54, 1.807) is 12.1 Å². The van der Waals surface area contributed by atoms with Gasteiger partial charge in [0.05, 0.1) is 11.6 Å². The molecule has 1 fully saturated rings. The van der Waals surface area contributed by atoms with Crippen LogP contribution in [-0.2, 0) is 11.3 Å². The van der Waals surface area contributed by atoms with Crippen molar-refractivity contribution >= 4 is 34.3 Å². The average molecular weight is 516 g/mol. The van der Waals surface area contributed by atoms with Gasteiger partial charge in [-0.3, -0.25) is 4.79 Å². The summed E-state index contributed by atoms with van der Waals surface area (Å²) in [7, 11) is 0. The number of piperidine rings is 1. The third-order valence-electron chi connectivity index (χ3n) is 5.29. The molecule has 5 nitrogen and oxygen atoms in total. The molecule has 2 heterocycles. The molecule has 1 unspecified atom stereocenters. The summed E-state index contributed by atoms with van der Waals surface area (Å²) in [5.41, 5.74) is 2.61. The molecule has 0 bridgehead atoms. The Bertz CT molecular complexity index is 993. The number of anilines is 1. The Morgan fingerprint density at radius 2 is 1.83 bits per heavy atom. The van der Waals surface area contributed by atoms with Gasteiger partial charge in [-0.05, 0) is 89.5 Å². The van der Waals surface area contributed by atoms with E-state index in [4.69, 9.17) is 0 Å². The molecule has 0 radical (unpaired) electrons. The Morgan fingerprint density at radius 1 is 1.07 bits per heavy atom. The fraction of sp³-hybridized carbons (Fsp3) is 0.261. The maximum absolute atomic E-state index is 13.1. The lowest BCUT2D eigenvalue weighted by Crippen LogP contribution is -2.43. The number of hydrogen-bond acceptors (Lipinski definition) is 4. The zero-order chi connectivity index (χ0) is 20.9. The van der Waals surface area contributed by atoms with E-state index in [0.717, 1.165) is 36.3 Å². The van der Waals surface area contributed by atoms with Gasteiger partial charge in [0.2, 0.25) is 5.91 Å². The lowest BCUT2D eigenvalue weighted by molar-refractivity contribution is -0.125. The smallest absolute Gasteiger partial charge is 0.225 e. The van der Waals surface area contributed by atoms with Crippen LogP contribution in [0, 0.1) is 15.3 Å². The van der Waals surface area contributed by atoms with Crippen LogP contribution in [0.15, 0.2) is 60.7 Å². The minimum Gasteiger partial charge on any atom is -0.354 e. The maximum atomic E-state index is 13.1. The molecule has 1 aliphatic heterocycles. The molecule has 1 amide bonds. The van der Waals surface area contributed by atoms with E-state index in [0.29, 0.717) is 18.8 Å². The second-order valence-electron chi connectivity index (χ2n) is 7.41. The number of hydrogen-bond donors (Lipinski definition) is 1. The first-order valence-corrected chi connectivity index (χ1v) is 11.0. The number of carbonyl (C=O) groups is 1. The van der Waals surface area contributed by atoms with Crippen LogP contribution in [0.1, 0.15) is 18.4 Å². The summed E-state index contributed by atoms with van der Waals surface area (Å²) >= 11 is 2.27. The highest BCUT2D eigenvalue weighted by atomic mass is 127. The van der Waals surface area contributed by atoms with Crippen molar-refractivity contribution < 1.29 is 9.18 Å². The predicted octanol–water partition coefficient (Wildman–Crippen LogP) is 4.42. The van der Waals surface area contributed by atoms with Gasteiger partial charge < -0.3 is 10.2 Å². The minimum atomic E-state index is -0.275. The van der Waals surface area contributed by atoms with E-state index in [9.17, 15) is 9.18 Å². The van der Waals surface area contributed by atoms with Crippen molar-refractivity contribution in [1.29, 1.82) is 0 Å². The van der Waals surface area contributed by atoms with Gasteiger partial charge in [0.25, 0.3) is 0 Å². The summed E-state index contributed by atoms with van der Waals surface area (Å²) in [6, 6.07) is 18.2. The summed E-state index contributed by atoms with van der Waals surface area (Å²) < 4.78 is 14.3. The van der Waals surface area contributed by atoms with E-state index in [1.165, 1.54) is 15.7 Å².